The van der Waals surface area contributed by atoms with Crippen molar-refractivity contribution in [2.75, 3.05) is 26.2 Å². The summed E-state index contributed by atoms with van der Waals surface area (Å²) in [6.07, 6.45) is 0. The van der Waals surface area contributed by atoms with Crippen LogP contribution in [0.5, 0.6) is 0 Å². The van der Waals surface area contributed by atoms with Gasteiger partial charge in [-0.05, 0) is 41.1 Å². The van der Waals surface area contributed by atoms with E-state index >= 15 is 0 Å². The van der Waals surface area contributed by atoms with E-state index in [-0.39, 0.29) is 10.9 Å². The summed E-state index contributed by atoms with van der Waals surface area (Å²) in [5.41, 5.74) is 5.29. The fourth-order valence-electron chi connectivity index (χ4n) is 2.33. The Balaban J connectivity index is 2.16. The Morgan fingerprint density at radius 3 is 2.36 bits per heavy atom. The number of hydrogen-bond acceptors (Lipinski definition) is 4. The van der Waals surface area contributed by atoms with Gasteiger partial charge in [0.2, 0.25) is 15.9 Å². The summed E-state index contributed by atoms with van der Waals surface area (Å²) in [5.74, 6) is -0.397. The number of rotatable bonds is 4. The van der Waals surface area contributed by atoms with Crippen molar-refractivity contribution in [2.24, 2.45) is 5.73 Å². The Labute approximate surface area is 146 Å². The Kier molecular flexibility index (Phi) is 5.65. The zero-order chi connectivity index (χ0) is 16.5. The molecule has 1 aliphatic rings. The maximum Gasteiger partial charge on any atom is 0.244 e. The largest absolute Gasteiger partial charge is 0.368 e. The average Bonchev–Trinajstić information content (AvgIpc) is 2.48. The number of primary amides is 1. The van der Waals surface area contributed by atoms with Crippen LogP contribution in [-0.4, -0.2) is 55.8 Å². The van der Waals surface area contributed by atoms with Crippen molar-refractivity contribution in [1.82, 2.24) is 9.21 Å². The molecule has 1 heterocycles. The molecule has 1 unspecified atom stereocenters. The fourth-order valence-corrected chi connectivity index (χ4v) is 5.21. The molecule has 1 saturated heterocycles. The van der Waals surface area contributed by atoms with Crippen molar-refractivity contribution >= 4 is 47.8 Å². The third kappa shape index (κ3) is 3.70. The molecule has 1 amide bonds. The first-order valence-electron chi connectivity index (χ1n) is 6.72. The van der Waals surface area contributed by atoms with Gasteiger partial charge in [0.05, 0.1) is 10.9 Å². The fraction of sp³-hybridized carbons (Fsp3) is 0.462. The summed E-state index contributed by atoms with van der Waals surface area (Å²) in [6.45, 7) is 3.36. The summed E-state index contributed by atoms with van der Waals surface area (Å²) in [4.78, 5) is 13.3. The summed E-state index contributed by atoms with van der Waals surface area (Å²) >= 11 is 6.58. The predicted octanol–water partition coefficient (Wildman–Crippen LogP) is 1.39. The monoisotopic (exact) mass is 453 g/mol. The molecule has 2 N–H and O–H groups in total. The number of amides is 1. The number of carbonyl (C=O) groups excluding carboxylic acids is 1. The summed E-state index contributed by atoms with van der Waals surface area (Å²) in [5, 5.41) is 0. The molecule has 0 bridgehead atoms. The number of carbonyl (C=O) groups is 1. The molecule has 6 nitrogen and oxygen atoms in total. The molecule has 22 heavy (non-hydrogen) atoms. The Morgan fingerprint density at radius 1 is 1.23 bits per heavy atom. The van der Waals surface area contributed by atoms with E-state index in [4.69, 9.17) is 5.73 Å². The van der Waals surface area contributed by atoms with Gasteiger partial charge < -0.3 is 5.73 Å². The van der Waals surface area contributed by atoms with Crippen LogP contribution < -0.4 is 5.73 Å². The highest BCUT2D eigenvalue weighted by Crippen LogP contribution is 2.28. The molecular weight excluding hydrogens is 438 g/mol. The molecule has 1 atom stereocenters. The highest BCUT2D eigenvalue weighted by molar-refractivity contribution is 9.11. The molecule has 1 aromatic rings. The van der Waals surface area contributed by atoms with E-state index in [0.717, 1.165) is 0 Å². The lowest BCUT2D eigenvalue weighted by atomic mass is 10.2. The molecule has 2 rings (SSSR count). The molecule has 0 aromatic heterocycles. The van der Waals surface area contributed by atoms with Gasteiger partial charge in [0, 0.05) is 35.1 Å². The topological polar surface area (TPSA) is 83.7 Å². The van der Waals surface area contributed by atoms with Crippen LogP contribution >= 0.6 is 31.9 Å². The average molecular weight is 455 g/mol. The molecular formula is C13H17Br2N3O3S. The minimum absolute atomic E-state index is 0.235. The minimum Gasteiger partial charge on any atom is -0.368 e. The predicted molar refractivity (Wildman–Crippen MR) is 90.8 cm³/mol. The van der Waals surface area contributed by atoms with Crippen molar-refractivity contribution in [1.29, 1.82) is 0 Å². The third-order valence-electron chi connectivity index (χ3n) is 3.74. The molecule has 0 saturated carbocycles. The SMILES string of the molecule is CC(C(N)=O)N1CCN(S(=O)(=O)c2cc(Br)ccc2Br)CC1. The summed E-state index contributed by atoms with van der Waals surface area (Å²) in [7, 11) is -3.57. The molecule has 1 aromatic carbocycles. The van der Waals surface area contributed by atoms with Gasteiger partial charge in [-0.1, -0.05) is 15.9 Å². The second-order valence-electron chi connectivity index (χ2n) is 5.09. The second-order valence-corrected chi connectivity index (χ2v) is 8.77. The van der Waals surface area contributed by atoms with Crippen LogP contribution in [0.15, 0.2) is 32.0 Å². The van der Waals surface area contributed by atoms with E-state index in [9.17, 15) is 13.2 Å². The molecule has 9 heteroatoms. The lowest BCUT2D eigenvalue weighted by Gasteiger charge is -2.36. The van der Waals surface area contributed by atoms with Gasteiger partial charge >= 0.3 is 0 Å². The van der Waals surface area contributed by atoms with E-state index in [2.05, 4.69) is 31.9 Å². The first-order chi connectivity index (χ1) is 10.2. The number of nitrogens with zero attached hydrogens (tertiary/aromatic N) is 2. The van der Waals surface area contributed by atoms with Crippen LogP contribution in [0, 0.1) is 0 Å². The first kappa shape index (κ1) is 17.9. The van der Waals surface area contributed by atoms with E-state index < -0.39 is 15.9 Å². The number of halogens is 2. The highest BCUT2D eigenvalue weighted by atomic mass is 79.9. The van der Waals surface area contributed by atoms with Crippen LogP contribution in [0.25, 0.3) is 0 Å². The van der Waals surface area contributed by atoms with Crippen molar-refractivity contribution in [3.63, 3.8) is 0 Å². The van der Waals surface area contributed by atoms with Gasteiger partial charge in [-0.2, -0.15) is 4.31 Å². The van der Waals surface area contributed by atoms with E-state index in [1.807, 2.05) is 4.90 Å². The summed E-state index contributed by atoms with van der Waals surface area (Å²) in [6, 6.07) is 4.66. The van der Waals surface area contributed by atoms with Gasteiger partial charge in [0.25, 0.3) is 0 Å². The number of sulfonamides is 1. The maximum atomic E-state index is 12.7. The molecule has 0 radical (unpaired) electrons. The van der Waals surface area contributed by atoms with Crippen LogP contribution in [0.2, 0.25) is 0 Å². The normalized spacial score (nSPS) is 19.0. The van der Waals surface area contributed by atoms with Gasteiger partial charge in [0.15, 0.2) is 0 Å². The Hall–Kier alpha value is -0.480. The smallest absolute Gasteiger partial charge is 0.244 e. The van der Waals surface area contributed by atoms with Crippen LogP contribution in [0.1, 0.15) is 6.92 Å². The molecule has 122 valence electrons. The number of hydrogen-bond donors (Lipinski definition) is 1. The highest BCUT2D eigenvalue weighted by Gasteiger charge is 2.32. The van der Waals surface area contributed by atoms with Crippen LogP contribution in [-0.2, 0) is 14.8 Å². The zero-order valence-corrected chi connectivity index (χ0v) is 16.0. The standard InChI is InChI=1S/C13H17Br2N3O3S/c1-9(13(16)19)17-4-6-18(7-5-17)22(20,21)12-8-10(14)2-3-11(12)15/h2-3,8-9H,4-7H2,1H3,(H2,16,19). The minimum atomic E-state index is -3.57. The van der Waals surface area contributed by atoms with Gasteiger partial charge in [-0.15, -0.1) is 0 Å². The number of benzene rings is 1. The van der Waals surface area contributed by atoms with E-state index in [1.54, 1.807) is 25.1 Å². The van der Waals surface area contributed by atoms with E-state index in [0.29, 0.717) is 35.1 Å². The molecule has 1 aliphatic heterocycles. The Morgan fingerprint density at radius 2 is 1.82 bits per heavy atom. The molecule has 0 spiro atoms. The molecule has 0 aliphatic carbocycles. The third-order valence-corrected chi connectivity index (χ3v) is 7.13. The lowest BCUT2D eigenvalue weighted by molar-refractivity contribution is -0.123. The molecule has 1 fully saturated rings. The van der Waals surface area contributed by atoms with Crippen molar-refractivity contribution in [3.05, 3.63) is 27.1 Å². The summed E-state index contributed by atoms with van der Waals surface area (Å²) < 4.78 is 28.1. The van der Waals surface area contributed by atoms with Crippen molar-refractivity contribution < 1.29 is 13.2 Å². The quantitative estimate of drug-likeness (QED) is 0.745. The first-order valence-corrected chi connectivity index (χ1v) is 9.74. The van der Waals surface area contributed by atoms with Crippen LogP contribution in [0.4, 0.5) is 0 Å². The van der Waals surface area contributed by atoms with Gasteiger partial charge in [0.1, 0.15) is 0 Å². The van der Waals surface area contributed by atoms with Gasteiger partial charge in [-0.25, -0.2) is 8.42 Å². The maximum absolute atomic E-state index is 12.7. The Bertz CT molecular complexity index is 673. The zero-order valence-electron chi connectivity index (χ0n) is 12.0. The van der Waals surface area contributed by atoms with Gasteiger partial charge in [-0.3, -0.25) is 9.69 Å². The number of nitrogens with two attached hydrogens (primary N) is 1. The van der Waals surface area contributed by atoms with Crippen molar-refractivity contribution in [3.8, 4) is 0 Å². The van der Waals surface area contributed by atoms with E-state index in [1.165, 1.54) is 4.31 Å². The second kappa shape index (κ2) is 6.96. The van der Waals surface area contributed by atoms with Crippen molar-refractivity contribution in [2.45, 2.75) is 17.9 Å². The van der Waals surface area contributed by atoms with Crippen LogP contribution in [0.3, 0.4) is 0 Å². The lowest BCUT2D eigenvalue weighted by Crippen LogP contribution is -2.54. The number of piperazine rings is 1.